The van der Waals surface area contributed by atoms with Crippen LogP contribution in [0.2, 0.25) is 0 Å². The highest BCUT2D eigenvalue weighted by Gasteiger charge is 2.74. The lowest BCUT2D eigenvalue weighted by Gasteiger charge is -2.68. The van der Waals surface area contributed by atoms with Crippen molar-refractivity contribution in [1.29, 1.82) is 0 Å². The molecule has 3 saturated carbocycles. The zero-order valence-corrected chi connectivity index (χ0v) is 15.7. The molecule has 1 spiro atoms. The van der Waals surface area contributed by atoms with E-state index in [1.165, 1.54) is 25.7 Å². The van der Waals surface area contributed by atoms with Crippen molar-refractivity contribution >= 4 is 0 Å². The van der Waals surface area contributed by atoms with Gasteiger partial charge in [0.25, 0.3) is 0 Å². The second kappa shape index (κ2) is 6.63. The highest BCUT2D eigenvalue weighted by Crippen LogP contribution is 2.69. The minimum Gasteiger partial charge on any atom is -0.393 e. The highest BCUT2D eigenvalue weighted by molar-refractivity contribution is 5.20. The maximum Gasteiger partial charge on any atom is 0.176 e. The fourth-order valence-electron chi connectivity index (χ4n) is 6.61. The molecule has 1 heterocycles. The number of fused-ring (bicyclic) bond motifs is 2. The van der Waals surface area contributed by atoms with E-state index in [0.29, 0.717) is 25.0 Å². The van der Waals surface area contributed by atoms with Crippen LogP contribution in [-0.2, 0) is 9.47 Å². The van der Waals surface area contributed by atoms with Gasteiger partial charge in [-0.15, -0.1) is 0 Å². The zero-order valence-electron chi connectivity index (χ0n) is 15.7. The van der Waals surface area contributed by atoms with E-state index in [4.69, 9.17) is 9.47 Å². The van der Waals surface area contributed by atoms with Crippen LogP contribution in [0.4, 0.5) is 0 Å². The Bertz CT molecular complexity index is 506. The molecular weight excluding hydrogens is 316 g/mol. The molecule has 3 aliphatic carbocycles. The van der Waals surface area contributed by atoms with Gasteiger partial charge >= 0.3 is 0 Å². The quantitative estimate of drug-likeness (QED) is 0.764. The lowest BCUT2D eigenvalue weighted by molar-refractivity contribution is -0.380. The number of ether oxygens (including phenoxy) is 2. The zero-order chi connectivity index (χ0) is 17.7. The van der Waals surface area contributed by atoms with Crippen LogP contribution in [0, 0.1) is 29.1 Å². The predicted molar refractivity (Wildman–Crippen MR) is 95.8 cm³/mol. The molecule has 2 N–H and O–H groups in total. The van der Waals surface area contributed by atoms with Gasteiger partial charge in [-0.25, -0.2) is 0 Å². The first-order valence-corrected chi connectivity index (χ1v) is 10.3. The van der Waals surface area contributed by atoms with E-state index in [2.05, 4.69) is 19.9 Å². The van der Waals surface area contributed by atoms with Gasteiger partial charge in [0.1, 0.15) is 0 Å². The summed E-state index contributed by atoms with van der Waals surface area (Å²) < 4.78 is 12.2. The van der Waals surface area contributed by atoms with E-state index >= 15 is 0 Å². The van der Waals surface area contributed by atoms with Crippen molar-refractivity contribution in [3.05, 3.63) is 12.2 Å². The van der Waals surface area contributed by atoms with Crippen LogP contribution in [0.15, 0.2) is 12.2 Å². The smallest absolute Gasteiger partial charge is 0.176 e. The lowest BCUT2D eigenvalue weighted by Crippen LogP contribution is -2.73. The van der Waals surface area contributed by atoms with E-state index in [1.54, 1.807) is 0 Å². The molecular formula is C21H34O4. The van der Waals surface area contributed by atoms with Crippen molar-refractivity contribution in [1.82, 2.24) is 0 Å². The molecule has 0 aromatic heterocycles. The normalized spacial score (nSPS) is 45.0. The van der Waals surface area contributed by atoms with Crippen LogP contribution < -0.4 is 0 Å². The van der Waals surface area contributed by atoms with Gasteiger partial charge in [0.15, 0.2) is 5.79 Å². The first-order chi connectivity index (χ1) is 12.0. The molecule has 4 aliphatic rings. The topological polar surface area (TPSA) is 58.9 Å². The highest BCUT2D eigenvalue weighted by atomic mass is 16.7. The van der Waals surface area contributed by atoms with Crippen LogP contribution in [-0.4, -0.2) is 41.4 Å². The van der Waals surface area contributed by atoms with Crippen molar-refractivity contribution in [3.63, 3.8) is 0 Å². The molecule has 4 nitrogen and oxygen atoms in total. The first-order valence-electron chi connectivity index (χ1n) is 10.3. The SMILES string of the molecule is CC1[C@@H]2[C@@H](/C=C/[C@@H](O)CC3CCCC3)[C@H](O)CC[C@]2(C)C12OCCO2. The van der Waals surface area contributed by atoms with Gasteiger partial charge in [-0.05, 0) is 31.1 Å². The molecule has 0 aromatic carbocycles. The van der Waals surface area contributed by atoms with Crippen molar-refractivity contribution in [3.8, 4) is 0 Å². The Morgan fingerprint density at radius 1 is 1.16 bits per heavy atom. The fraction of sp³-hybridized carbons (Fsp3) is 0.905. The monoisotopic (exact) mass is 350 g/mol. The Morgan fingerprint density at radius 3 is 2.52 bits per heavy atom. The molecule has 0 amide bonds. The van der Waals surface area contributed by atoms with E-state index < -0.39 is 5.79 Å². The first kappa shape index (κ1) is 18.0. The Hall–Kier alpha value is -0.420. The van der Waals surface area contributed by atoms with E-state index in [-0.39, 0.29) is 29.5 Å². The summed E-state index contributed by atoms with van der Waals surface area (Å²) in [5.41, 5.74) is -0.0342. The van der Waals surface area contributed by atoms with Gasteiger partial charge < -0.3 is 19.7 Å². The summed E-state index contributed by atoms with van der Waals surface area (Å²) >= 11 is 0. The molecule has 25 heavy (non-hydrogen) atoms. The van der Waals surface area contributed by atoms with Gasteiger partial charge in [0.2, 0.25) is 0 Å². The van der Waals surface area contributed by atoms with Gasteiger partial charge in [-0.1, -0.05) is 51.7 Å². The van der Waals surface area contributed by atoms with Crippen LogP contribution in [0.25, 0.3) is 0 Å². The summed E-state index contributed by atoms with van der Waals surface area (Å²) in [6, 6.07) is 0. The second-order valence-electron chi connectivity index (χ2n) is 9.12. The number of aliphatic hydroxyl groups excluding tert-OH is 2. The molecule has 142 valence electrons. The predicted octanol–water partition coefficient (Wildman–Crippen LogP) is 3.27. The molecule has 1 aliphatic heterocycles. The van der Waals surface area contributed by atoms with Crippen LogP contribution >= 0.6 is 0 Å². The molecule has 0 aromatic rings. The Morgan fingerprint density at radius 2 is 1.84 bits per heavy atom. The summed E-state index contributed by atoms with van der Waals surface area (Å²) in [6.07, 6.45) is 11.1. The minimum atomic E-state index is -0.452. The third-order valence-corrected chi connectivity index (χ3v) is 7.81. The fourth-order valence-corrected chi connectivity index (χ4v) is 6.61. The third kappa shape index (κ3) is 2.72. The number of hydrogen-bond donors (Lipinski definition) is 2. The summed E-state index contributed by atoms with van der Waals surface area (Å²) in [5.74, 6) is 0.936. The molecule has 0 radical (unpaired) electrons. The van der Waals surface area contributed by atoms with Crippen molar-refractivity contribution < 1.29 is 19.7 Å². The molecule has 4 rings (SSSR count). The number of hydrogen-bond acceptors (Lipinski definition) is 4. The average molecular weight is 350 g/mol. The standard InChI is InChI=1S/C21H34O4/c1-14-19-17(8-7-16(22)13-15-5-3-4-6-15)18(23)9-10-20(19,2)21(14)24-11-12-25-21/h7-8,14-19,22-23H,3-6,9-13H2,1-2H3/b8-7+/t14?,16-,17+,18-,19-,20+/m1/s1. The molecule has 6 atom stereocenters. The molecule has 4 heteroatoms. The van der Waals surface area contributed by atoms with Crippen molar-refractivity contribution in [2.75, 3.05) is 13.2 Å². The van der Waals surface area contributed by atoms with Crippen LogP contribution in [0.5, 0.6) is 0 Å². The van der Waals surface area contributed by atoms with E-state index in [1.807, 2.05) is 6.08 Å². The van der Waals surface area contributed by atoms with Gasteiger partial charge in [0, 0.05) is 17.3 Å². The van der Waals surface area contributed by atoms with Crippen LogP contribution in [0.3, 0.4) is 0 Å². The van der Waals surface area contributed by atoms with E-state index in [9.17, 15) is 10.2 Å². The Balaban J connectivity index is 1.46. The Kier molecular flexibility index (Phi) is 4.77. The van der Waals surface area contributed by atoms with Gasteiger partial charge in [-0.3, -0.25) is 0 Å². The average Bonchev–Trinajstić information content (AvgIpc) is 3.28. The minimum absolute atomic E-state index is 0.0342. The van der Waals surface area contributed by atoms with E-state index in [0.717, 1.165) is 19.3 Å². The summed E-state index contributed by atoms with van der Waals surface area (Å²) in [5, 5.41) is 21.1. The van der Waals surface area contributed by atoms with Crippen molar-refractivity contribution in [2.45, 2.75) is 76.8 Å². The number of rotatable bonds is 4. The van der Waals surface area contributed by atoms with Crippen LogP contribution in [0.1, 0.15) is 58.8 Å². The summed E-state index contributed by atoms with van der Waals surface area (Å²) in [4.78, 5) is 0. The van der Waals surface area contributed by atoms with Crippen molar-refractivity contribution in [2.24, 2.45) is 29.1 Å². The summed E-state index contributed by atoms with van der Waals surface area (Å²) in [6.45, 7) is 5.82. The largest absolute Gasteiger partial charge is 0.393 e. The van der Waals surface area contributed by atoms with Gasteiger partial charge in [0.05, 0.1) is 25.4 Å². The second-order valence-corrected chi connectivity index (χ2v) is 9.12. The summed E-state index contributed by atoms with van der Waals surface area (Å²) in [7, 11) is 0. The van der Waals surface area contributed by atoms with Gasteiger partial charge in [-0.2, -0.15) is 0 Å². The Labute approximate surface area is 151 Å². The molecule has 4 fully saturated rings. The third-order valence-electron chi connectivity index (χ3n) is 7.81. The lowest BCUT2D eigenvalue weighted by atomic mass is 9.42. The number of aliphatic hydroxyl groups is 2. The molecule has 1 saturated heterocycles. The maximum atomic E-state index is 10.6. The molecule has 1 unspecified atom stereocenters. The molecule has 0 bridgehead atoms. The maximum absolute atomic E-state index is 10.6.